The van der Waals surface area contributed by atoms with E-state index in [0.29, 0.717) is 6.20 Å². The Morgan fingerprint density at radius 3 is 2.42 bits per heavy atom. The van der Waals surface area contributed by atoms with E-state index in [4.69, 9.17) is 4.74 Å². The number of aliphatic hydroxyl groups excluding tert-OH is 1. The van der Waals surface area contributed by atoms with E-state index >= 15 is 0 Å². The number of pyridine rings is 1. The fourth-order valence-electron chi connectivity index (χ4n) is 1.78. The Bertz CT molecular complexity index is 542. The maximum atomic E-state index is 12.5. The highest BCUT2D eigenvalue weighted by atomic mass is 19.4. The molecular formula is C16H23F3N2O3. The molecule has 0 aromatic carbocycles. The van der Waals surface area contributed by atoms with Crippen molar-refractivity contribution in [3.63, 3.8) is 0 Å². The van der Waals surface area contributed by atoms with Gasteiger partial charge in [0, 0.05) is 12.3 Å². The summed E-state index contributed by atoms with van der Waals surface area (Å²) in [5.74, 6) is -0.329. The van der Waals surface area contributed by atoms with Crippen molar-refractivity contribution in [2.24, 2.45) is 5.92 Å². The third kappa shape index (κ3) is 6.74. The molecule has 1 unspecified atom stereocenters. The lowest BCUT2D eigenvalue weighted by atomic mass is 10.0. The Morgan fingerprint density at radius 2 is 1.96 bits per heavy atom. The van der Waals surface area contributed by atoms with Gasteiger partial charge in [-0.1, -0.05) is 13.8 Å². The van der Waals surface area contributed by atoms with Crippen LogP contribution >= 0.6 is 0 Å². The standard InChI is InChI=1S/C16H23F3N2O3/c1-10(2)12(22)7-13(23)21-15(3,4)9-24-14-6-5-11(8-20-14)16(17,18)19/h5-6,8,10,12,22H,7,9H2,1-4H3,(H,21,23). The van der Waals surface area contributed by atoms with Crippen LogP contribution < -0.4 is 10.1 Å². The van der Waals surface area contributed by atoms with Gasteiger partial charge in [-0.15, -0.1) is 0 Å². The van der Waals surface area contributed by atoms with Crippen LogP contribution in [-0.2, 0) is 11.0 Å². The third-order valence-electron chi connectivity index (χ3n) is 3.29. The monoisotopic (exact) mass is 348 g/mol. The highest BCUT2D eigenvalue weighted by molar-refractivity contribution is 5.77. The summed E-state index contributed by atoms with van der Waals surface area (Å²) >= 11 is 0. The topological polar surface area (TPSA) is 71.5 Å². The summed E-state index contributed by atoms with van der Waals surface area (Å²) in [6.45, 7) is 7.05. The molecule has 1 aromatic rings. The van der Waals surface area contributed by atoms with Gasteiger partial charge in [0.15, 0.2) is 0 Å². The normalized spacial score (nSPS) is 13.7. The molecule has 0 aliphatic rings. The molecule has 0 aliphatic carbocycles. The summed E-state index contributed by atoms with van der Waals surface area (Å²) in [5.41, 5.74) is -1.62. The van der Waals surface area contributed by atoms with Gasteiger partial charge in [-0.05, 0) is 25.8 Å². The SMILES string of the molecule is CC(C)C(O)CC(=O)NC(C)(C)COc1ccc(C(F)(F)F)cn1. The van der Waals surface area contributed by atoms with Crippen molar-refractivity contribution in [3.05, 3.63) is 23.9 Å². The lowest BCUT2D eigenvalue weighted by Crippen LogP contribution is -2.48. The molecule has 1 amide bonds. The van der Waals surface area contributed by atoms with Crippen LogP contribution in [-0.4, -0.2) is 34.2 Å². The van der Waals surface area contributed by atoms with Gasteiger partial charge in [-0.25, -0.2) is 4.98 Å². The molecule has 0 aliphatic heterocycles. The number of alkyl halides is 3. The number of carbonyl (C=O) groups is 1. The summed E-state index contributed by atoms with van der Waals surface area (Å²) in [6, 6.07) is 2.01. The fraction of sp³-hybridized carbons (Fsp3) is 0.625. The molecular weight excluding hydrogens is 325 g/mol. The quantitative estimate of drug-likeness (QED) is 0.795. The molecule has 2 N–H and O–H groups in total. The molecule has 0 saturated heterocycles. The van der Waals surface area contributed by atoms with Crippen LogP contribution in [0.3, 0.4) is 0 Å². The number of rotatable bonds is 7. The van der Waals surface area contributed by atoms with Crippen molar-refractivity contribution in [3.8, 4) is 5.88 Å². The average molecular weight is 348 g/mol. The first-order valence-corrected chi connectivity index (χ1v) is 7.56. The number of halogens is 3. The second-order valence-corrected chi connectivity index (χ2v) is 6.62. The first kappa shape index (κ1) is 20.2. The Kier molecular flexibility index (Phi) is 6.59. The number of nitrogens with zero attached hydrogens (tertiary/aromatic N) is 1. The number of carbonyl (C=O) groups excluding carboxylic acids is 1. The molecule has 0 spiro atoms. The zero-order valence-electron chi connectivity index (χ0n) is 14.1. The number of ether oxygens (including phenoxy) is 1. The van der Waals surface area contributed by atoms with Crippen molar-refractivity contribution in [1.29, 1.82) is 0 Å². The summed E-state index contributed by atoms with van der Waals surface area (Å²) < 4.78 is 42.7. The highest BCUT2D eigenvalue weighted by Crippen LogP contribution is 2.29. The van der Waals surface area contributed by atoms with E-state index in [-0.39, 0.29) is 30.7 Å². The Morgan fingerprint density at radius 1 is 1.33 bits per heavy atom. The Labute approximate surface area is 139 Å². The maximum absolute atomic E-state index is 12.5. The van der Waals surface area contributed by atoms with Crippen LogP contribution in [0, 0.1) is 5.92 Å². The number of hydrogen-bond donors (Lipinski definition) is 2. The van der Waals surface area contributed by atoms with Gasteiger partial charge in [-0.3, -0.25) is 4.79 Å². The lowest BCUT2D eigenvalue weighted by Gasteiger charge is -2.27. The molecule has 1 heterocycles. The van der Waals surface area contributed by atoms with Gasteiger partial charge in [-0.2, -0.15) is 13.2 Å². The van der Waals surface area contributed by atoms with Crippen LogP contribution in [0.1, 0.15) is 39.7 Å². The fourth-order valence-corrected chi connectivity index (χ4v) is 1.78. The van der Waals surface area contributed by atoms with Gasteiger partial charge in [0.1, 0.15) is 6.61 Å². The zero-order chi connectivity index (χ0) is 18.5. The van der Waals surface area contributed by atoms with Crippen molar-refractivity contribution in [2.45, 2.75) is 51.9 Å². The van der Waals surface area contributed by atoms with Crippen LogP contribution in [0.4, 0.5) is 13.2 Å². The first-order chi connectivity index (χ1) is 10.9. The van der Waals surface area contributed by atoms with Crippen LogP contribution in [0.5, 0.6) is 5.88 Å². The molecule has 136 valence electrons. The number of nitrogens with one attached hydrogen (secondary N) is 1. The van der Waals surface area contributed by atoms with Gasteiger partial charge in [0.05, 0.1) is 23.6 Å². The second-order valence-electron chi connectivity index (χ2n) is 6.62. The van der Waals surface area contributed by atoms with E-state index in [2.05, 4.69) is 10.3 Å². The van der Waals surface area contributed by atoms with Crippen LogP contribution in [0.15, 0.2) is 18.3 Å². The van der Waals surface area contributed by atoms with Crippen LogP contribution in [0.25, 0.3) is 0 Å². The van der Waals surface area contributed by atoms with Crippen molar-refractivity contribution < 1.29 is 27.8 Å². The largest absolute Gasteiger partial charge is 0.475 e. The average Bonchev–Trinajstić information content (AvgIpc) is 2.44. The smallest absolute Gasteiger partial charge is 0.417 e. The van der Waals surface area contributed by atoms with E-state index in [1.54, 1.807) is 13.8 Å². The Balaban J connectivity index is 2.54. The summed E-state index contributed by atoms with van der Waals surface area (Å²) in [4.78, 5) is 15.5. The van der Waals surface area contributed by atoms with E-state index in [1.165, 1.54) is 0 Å². The molecule has 8 heteroatoms. The predicted molar refractivity (Wildman–Crippen MR) is 82.4 cm³/mol. The molecule has 1 rings (SSSR count). The highest BCUT2D eigenvalue weighted by Gasteiger charge is 2.31. The summed E-state index contributed by atoms with van der Waals surface area (Å²) in [6.07, 6.45) is -4.52. The third-order valence-corrected chi connectivity index (χ3v) is 3.29. The van der Waals surface area contributed by atoms with Crippen LogP contribution in [0.2, 0.25) is 0 Å². The van der Waals surface area contributed by atoms with E-state index in [0.717, 1.165) is 12.1 Å². The van der Waals surface area contributed by atoms with Crippen molar-refractivity contribution in [2.75, 3.05) is 6.61 Å². The molecule has 0 radical (unpaired) electrons. The number of aliphatic hydroxyl groups is 1. The first-order valence-electron chi connectivity index (χ1n) is 7.56. The number of amides is 1. The van der Waals surface area contributed by atoms with Gasteiger partial charge in [0.2, 0.25) is 11.8 Å². The minimum Gasteiger partial charge on any atom is -0.475 e. The minimum absolute atomic E-state index is 0.0227. The lowest BCUT2D eigenvalue weighted by molar-refractivity contribution is -0.138. The van der Waals surface area contributed by atoms with E-state index < -0.39 is 23.4 Å². The molecule has 0 fully saturated rings. The van der Waals surface area contributed by atoms with Crippen molar-refractivity contribution in [1.82, 2.24) is 10.3 Å². The zero-order valence-corrected chi connectivity index (χ0v) is 14.1. The maximum Gasteiger partial charge on any atom is 0.417 e. The van der Waals surface area contributed by atoms with Gasteiger partial charge >= 0.3 is 6.18 Å². The van der Waals surface area contributed by atoms with Gasteiger partial charge < -0.3 is 15.2 Å². The summed E-state index contributed by atoms with van der Waals surface area (Å²) in [7, 11) is 0. The van der Waals surface area contributed by atoms with Gasteiger partial charge in [0.25, 0.3) is 0 Å². The minimum atomic E-state index is -4.45. The number of aromatic nitrogens is 1. The molecule has 1 aromatic heterocycles. The molecule has 0 bridgehead atoms. The second kappa shape index (κ2) is 7.83. The number of hydrogen-bond acceptors (Lipinski definition) is 4. The van der Waals surface area contributed by atoms with E-state index in [1.807, 2.05) is 13.8 Å². The Hall–Kier alpha value is -1.83. The predicted octanol–water partition coefficient (Wildman–Crippen LogP) is 2.78. The summed E-state index contributed by atoms with van der Waals surface area (Å²) in [5, 5.41) is 12.4. The molecule has 0 saturated carbocycles. The molecule has 24 heavy (non-hydrogen) atoms. The molecule has 5 nitrogen and oxygen atoms in total. The molecule has 1 atom stereocenters. The van der Waals surface area contributed by atoms with E-state index in [9.17, 15) is 23.1 Å². The van der Waals surface area contributed by atoms with Crippen molar-refractivity contribution >= 4 is 5.91 Å².